The molecule has 3 heterocycles. The summed E-state index contributed by atoms with van der Waals surface area (Å²) in [5, 5.41) is 3.65. The molecule has 1 N–H and O–H groups in total. The molecule has 7 nitrogen and oxygen atoms in total. The largest absolute Gasteiger partial charge is 0.466 e. The second-order valence-electron chi connectivity index (χ2n) is 7.54. The molecule has 3 saturated heterocycles. The lowest BCUT2D eigenvalue weighted by Gasteiger charge is -2.44. The molecule has 27 heavy (non-hydrogen) atoms. The Morgan fingerprint density at radius 3 is 2.63 bits per heavy atom. The van der Waals surface area contributed by atoms with E-state index in [1.165, 1.54) is 17.9 Å². The first-order valence-electron chi connectivity index (χ1n) is 10.2. The van der Waals surface area contributed by atoms with Gasteiger partial charge in [-0.25, -0.2) is 0 Å². The monoisotopic (exact) mass is 398 g/mol. The number of esters is 1. The van der Waals surface area contributed by atoms with Crippen molar-refractivity contribution in [1.29, 1.82) is 0 Å². The standard InChI is InChI=1S/C19H34N4O3S/c1-3-26-17(24)16-4-7-22(8-5-16)18(20-2)21-14-19(6-13-27-15-19)23-9-11-25-12-10-23/h16H,3-15H2,1-2H3,(H,20,21). The second kappa shape index (κ2) is 9.98. The maximum absolute atomic E-state index is 12.0. The minimum Gasteiger partial charge on any atom is -0.466 e. The number of hydrogen-bond donors (Lipinski definition) is 1. The fraction of sp³-hybridized carbons (Fsp3) is 0.895. The van der Waals surface area contributed by atoms with E-state index in [0.717, 1.165) is 64.7 Å². The van der Waals surface area contributed by atoms with Gasteiger partial charge in [0.05, 0.1) is 25.7 Å². The molecule has 0 spiro atoms. The van der Waals surface area contributed by atoms with Gasteiger partial charge in [0, 0.05) is 51.1 Å². The van der Waals surface area contributed by atoms with Crippen LogP contribution in [0.5, 0.6) is 0 Å². The van der Waals surface area contributed by atoms with Gasteiger partial charge in [0.25, 0.3) is 0 Å². The number of likely N-dealkylation sites (tertiary alicyclic amines) is 1. The molecule has 3 aliphatic heterocycles. The number of thioether (sulfide) groups is 1. The number of aliphatic imine (C=N–C) groups is 1. The summed E-state index contributed by atoms with van der Waals surface area (Å²) in [7, 11) is 1.85. The molecular formula is C19H34N4O3S. The first-order valence-corrected chi connectivity index (χ1v) is 11.4. The third-order valence-electron chi connectivity index (χ3n) is 5.97. The highest BCUT2D eigenvalue weighted by molar-refractivity contribution is 7.99. The average molecular weight is 399 g/mol. The van der Waals surface area contributed by atoms with Crippen LogP contribution in [0.25, 0.3) is 0 Å². The summed E-state index contributed by atoms with van der Waals surface area (Å²) in [5.41, 5.74) is 0.202. The lowest BCUT2D eigenvalue weighted by molar-refractivity contribution is -0.149. The topological polar surface area (TPSA) is 66.4 Å². The molecule has 8 heteroatoms. The Morgan fingerprint density at radius 1 is 1.30 bits per heavy atom. The van der Waals surface area contributed by atoms with E-state index in [0.29, 0.717) is 6.61 Å². The third kappa shape index (κ3) is 5.09. The molecule has 0 saturated carbocycles. The number of ether oxygens (including phenoxy) is 2. The Balaban J connectivity index is 1.53. The number of rotatable bonds is 5. The summed E-state index contributed by atoms with van der Waals surface area (Å²) >= 11 is 2.05. The molecule has 1 unspecified atom stereocenters. The van der Waals surface area contributed by atoms with Gasteiger partial charge < -0.3 is 19.7 Å². The third-order valence-corrected chi connectivity index (χ3v) is 7.20. The van der Waals surface area contributed by atoms with Gasteiger partial charge in [-0.1, -0.05) is 0 Å². The minimum absolute atomic E-state index is 0.0326. The van der Waals surface area contributed by atoms with Crippen molar-refractivity contribution in [2.45, 2.75) is 31.7 Å². The number of nitrogens with one attached hydrogen (secondary N) is 1. The molecule has 3 fully saturated rings. The quantitative estimate of drug-likeness (QED) is 0.422. The van der Waals surface area contributed by atoms with Gasteiger partial charge in [-0.3, -0.25) is 14.7 Å². The van der Waals surface area contributed by atoms with Crippen molar-refractivity contribution < 1.29 is 14.3 Å². The molecule has 0 amide bonds. The van der Waals surface area contributed by atoms with Gasteiger partial charge in [-0.15, -0.1) is 0 Å². The maximum atomic E-state index is 12.0. The molecule has 154 valence electrons. The molecular weight excluding hydrogens is 364 g/mol. The van der Waals surface area contributed by atoms with Crippen LogP contribution in [0.15, 0.2) is 4.99 Å². The SMILES string of the molecule is CCOC(=O)C1CCN(C(=NC)NCC2(N3CCOCC3)CCSC2)CC1. The fourth-order valence-corrected chi connectivity index (χ4v) is 5.78. The zero-order valence-corrected chi connectivity index (χ0v) is 17.6. The highest BCUT2D eigenvalue weighted by Crippen LogP contribution is 2.33. The van der Waals surface area contributed by atoms with Crippen LogP contribution in [0.1, 0.15) is 26.2 Å². The molecule has 0 aliphatic carbocycles. The van der Waals surface area contributed by atoms with Crippen molar-refractivity contribution in [3.8, 4) is 0 Å². The van der Waals surface area contributed by atoms with E-state index >= 15 is 0 Å². The zero-order valence-electron chi connectivity index (χ0n) is 16.7. The Hall–Kier alpha value is -0.990. The second-order valence-corrected chi connectivity index (χ2v) is 8.65. The van der Waals surface area contributed by atoms with Crippen LogP contribution in [0.3, 0.4) is 0 Å². The van der Waals surface area contributed by atoms with E-state index in [1.54, 1.807) is 0 Å². The first-order chi connectivity index (χ1) is 13.2. The van der Waals surface area contributed by atoms with E-state index in [9.17, 15) is 4.79 Å². The highest BCUT2D eigenvalue weighted by atomic mass is 32.2. The van der Waals surface area contributed by atoms with Crippen LogP contribution in [0, 0.1) is 5.92 Å². The first kappa shape index (κ1) is 20.7. The summed E-state index contributed by atoms with van der Waals surface area (Å²) in [6.07, 6.45) is 2.89. The van der Waals surface area contributed by atoms with Crippen molar-refractivity contribution in [2.75, 3.05) is 71.1 Å². The molecule has 0 radical (unpaired) electrons. The number of nitrogens with zero attached hydrogens (tertiary/aromatic N) is 3. The number of guanidine groups is 1. The molecule has 0 bridgehead atoms. The smallest absolute Gasteiger partial charge is 0.309 e. The van der Waals surface area contributed by atoms with Gasteiger partial charge >= 0.3 is 5.97 Å². The summed E-state index contributed by atoms with van der Waals surface area (Å²) in [4.78, 5) is 21.4. The van der Waals surface area contributed by atoms with E-state index in [2.05, 4.69) is 31.9 Å². The van der Waals surface area contributed by atoms with Gasteiger partial charge in [0.1, 0.15) is 0 Å². The normalized spacial score (nSPS) is 28.4. The van der Waals surface area contributed by atoms with Crippen LogP contribution in [0.4, 0.5) is 0 Å². The highest BCUT2D eigenvalue weighted by Gasteiger charge is 2.41. The molecule has 0 aromatic heterocycles. The number of carbonyl (C=O) groups excluding carboxylic acids is 1. The molecule has 0 aromatic rings. The van der Waals surface area contributed by atoms with Crippen molar-refractivity contribution in [2.24, 2.45) is 10.9 Å². The van der Waals surface area contributed by atoms with Crippen LogP contribution >= 0.6 is 11.8 Å². The van der Waals surface area contributed by atoms with E-state index in [-0.39, 0.29) is 17.4 Å². The number of morpholine rings is 1. The van der Waals surface area contributed by atoms with Gasteiger partial charge in [0.15, 0.2) is 5.96 Å². The van der Waals surface area contributed by atoms with Gasteiger partial charge in [0.2, 0.25) is 0 Å². The van der Waals surface area contributed by atoms with Crippen molar-refractivity contribution >= 4 is 23.7 Å². The maximum Gasteiger partial charge on any atom is 0.309 e. The number of carbonyl (C=O) groups is 1. The fourth-order valence-electron chi connectivity index (χ4n) is 4.30. The van der Waals surface area contributed by atoms with E-state index < -0.39 is 0 Å². The zero-order chi connectivity index (χ0) is 19.1. The lowest BCUT2D eigenvalue weighted by Crippen LogP contribution is -2.60. The molecule has 0 aromatic carbocycles. The minimum atomic E-state index is -0.0469. The predicted octanol–water partition coefficient (Wildman–Crippen LogP) is 1.04. The van der Waals surface area contributed by atoms with E-state index in [4.69, 9.17) is 9.47 Å². The Bertz CT molecular complexity index is 511. The predicted molar refractivity (Wildman–Crippen MR) is 109 cm³/mol. The molecule has 3 aliphatic rings. The summed E-state index contributed by atoms with van der Waals surface area (Å²) in [6, 6.07) is 0. The Labute approximate surface area is 167 Å². The van der Waals surface area contributed by atoms with Crippen molar-refractivity contribution in [3.63, 3.8) is 0 Å². The van der Waals surface area contributed by atoms with Crippen LogP contribution in [-0.4, -0.2) is 98.4 Å². The van der Waals surface area contributed by atoms with Crippen molar-refractivity contribution in [1.82, 2.24) is 15.1 Å². The van der Waals surface area contributed by atoms with Crippen LogP contribution in [0.2, 0.25) is 0 Å². The summed E-state index contributed by atoms with van der Waals surface area (Å²) in [6.45, 7) is 8.66. The van der Waals surface area contributed by atoms with Crippen molar-refractivity contribution in [3.05, 3.63) is 0 Å². The van der Waals surface area contributed by atoms with Gasteiger partial charge in [-0.05, 0) is 31.9 Å². The Kier molecular flexibility index (Phi) is 7.66. The van der Waals surface area contributed by atoms with Crippen LogP contribution in [-0.2, 0) is 14.3 Å². The lowest BCUT2D eigenvalue weighted by atomic mass is 9.95. The summed E-state index contributed by atoms with van der Waals surface area (Å²) in [5.74, 6) is 3.34. The van der Waals surface area contributed by atoms with Gasteiger partial charge in [-0.2, -0.15) is 11.8 Å². The Morgan fingerprint density at radius 2 is 2.04 bits per heavy atom. The van der Waals surface area contributed by atoms with Crippen LogP contribution < -0.4 is 5.32 Å². The summed E-state index contributed by atoms with van der Waals surface area (Å²) < 4.78 is 10.7. The molecule has 1 atom stereocenters. The van der Waals surface area contributed by atoms with E-state index in [1.807, 2.05) is 14.0 Å². The number of piperidine rings is 1. The molecule has 3 rings (SSSR count). The number of hydrogen-bond acceptors (Lipinski definition) is 6. The average Bonchev–Trinajstić information content (AvgIpc) is 3.20.